The molecule has 0 radical (unpaired) electrons. The molecule has 2 atom stereocenters. The minimum atomic E-state index is -0.615. The molecule has 41 heavy (non-hydrogen) atoms. The van der Waals surface area contributed by atoms with Gasteiger partial charge in [0.25, 0.3) is 11.8 Å². The number of aryl methyl sites for hydroxylation is 1. The van der Waals surface area contributed by atoms with Crippen LogP contribution >= 0.6 is 0 Å². The zero-order chi connectivity index (χ0) is 28.2. The highest BCUT2D eigenvalue weighted by Crippen LogP contribution is 2.45. The Kier molecular flexibility index (Phi) is 6.18. The van der Waals surface area contributed by atoms with Gasteiger partial charge in [0, 0.05) is 34.6 Å². The van der Waals surface area contributed by atoms with Crippen LogP contribution < -0.4 is 10.2 Å². The van der Waals surface area contributed by atoms with Crippen molar-refractivity contribution in [2.24, 2.45) is 5.92 Å². The van der Waals surface area contributed by atoms with E-state index in [-0.39, 0.29) is 23.9 Å². The zero-order valence-corrected chi connectivity index (χ0v) is 23.4. The molecular formula is C34H34N4O3. The molecule has 3 aromatic carbocycles. The Balaban J connectivity index is 1.21. The number of aromatic amines is 1. The lowest BCUT2D eigenvalue weighted by atomic mass is 9.87. The molecule has 2 aliphatic heterocycles. The van der Waals surface area contributed by atoms with Gasteiger partial charge < -0.3 is 10.3 Å². The maximum absolute atomic E-state index is 14.1. The molecule has 208 valence electrons. The fraction of sp³-hybridized carbons (Fsp3) is 0.324. The van der Waals surface area contributed by atoms with Crippen LogP contribution in [-0.2, 0) is 11.2 Å². The van der Waals surface area contributed by atoms with E-state index < -0.39 is 12.1 Å². The number of nitrogens with zero attached hydrogens (tertiary/aromatic N) is 2. The van der Waals surface area contributed by atoms with Gasteiger partial charge in [0.1, 0.15) is 12.1 Å². The minimum Gasteiger partial charge on any atom is -0.356 e. The Morgan fingerprint density at radius 2 is 1.61 bits per heavy atom. The summed E-state index contributed by atoms with van der Waals surface area (Å²) in [5.41, 5.74) is 6.12. The average Bonchev–Trinajstić information content (AvgIpc) is 3.48. The number of urea groups is 1. The molecular weight excluding hydrogens is 512 g/mol. The molecule has 1 saturated heterocycles. The van der Waals surface area contributed by atoms with E-state index in [9.17, 15) is 14.4 Å². The summed E-state index contributed by atoms with van der Waals surface area (Å²) in [7, 11) is 0. The fourth-order valence-electron chi connectivity index (χ4n) is 6.97. The third-order valence-corrected chi connectivity index (χ3v) is 9.27. The van der Waals surface area contributed by atoms with Crippen LogP contribution in [0.4, 0.5) is 10.5 Å². The van der Waals surface area contributed by atoms with Crippen molar-refractivity contribution in [3.05, 3.63) is 101 Å². The third-order valence-electron chi connectivity index (χ3n) is 9.27. The van der Waals surface area contributed by atoms with Crippen molar-refractivity contribution in [3.8, 4) is 0 Å². The summed E-state index contributed by atoms with van der Waals surface area (Å²) < 4.78 is 0. The average molecular weight is 547 g/mol. The van der Waals surface area contributed by atoms with Crippen LogP contribution in [0.5, 0.6) is 0 Å². The summed E-state index contributed by atoms with van der Waals surface area (Å²) in [6.07, 6.45) is 4.70. The molecule has 1 saturated carbocycles. The number of hydrogen-bond donors (Lipinski definition) is 2. The number of rotatable bonds is 4. The second-order valence-electron chi connectivity index (χ2n) is 11.9. The predicted molar refractivity (Wildman–Crippen MR) is 159 cm³/mol. The van der Waals surface area contributed by atoms with Gasteiger partial charge in [0.2, 0.25) is 0 Å². The van der Waals surface area contributed by atoms with Gasteiger partial charge in [0.15, 0.2) is 0 Å². The van der Waals surface area contributed by atoms with Crippen molar-refractivity contribution in [3.63, 3.8) is 0 Å². The number of imide groups is 1. The van der Waals surface area contributed by atoms with Crippen LogP contribution in [0.2, 0.25) is 0 Å². The van der Waals surface area contributed by atoms with Gasteiger partial charge in [-0.05, 0) is 85.5 Å². The van der Waals surface area contributed by atoms with Crippen molar-refractivity contribution < 1.29 is 14.4 Å². The van der Waals surface area contributed by atoms with E-state index in [1.54, 1.807) is 29.2 Å². The first-order valence-corrected chi connectivity index (χ1v) is 14.6. The van der Waals surface area contributed by atoms with Gasteiger partial charge in [-0.3, -0.25) is 14.5 Å². The highest BCUT2D eigenvalue weighted by molar-refractivity contribution is 6.22. The first-order valence-electron chi connectivity index (χ1n) is 14.6. The molecule has 4 amide bonds. The quantitative estimate of drug-likeness (QED) is 0.296. The van der Waals surface area contributed by atoms with Gasteiger partial charge >= 0.3 is 6.03 Å². The molecule has 7 rings (SSSR count). The van der Waals surface area contributed by atoms with E-state index in [4.69, 9.17) is 0 Å². The fourth-order valence-corrected chi connectivity index (χ4v) is 6.97. The number of amides is 4. The van der Waals surface area contributed by atoms with Crippen molar-refractivity contribution in [1.82, 2.24) is 15.2 Å². The van der Waals surface area contributed by atoms with Crippen molar-refractivity contribution in [1.29, 1.82) is 0 Å². The van der Waals surface area contributed by atoms with Crippen LogP contribution in [0.15, 0.2) is 72.8 Å². The van der Waals surface area contributed by atoms with E-state index in [1.807, 2.05) is 49.4 Å². The monoisotopic (exact) mass is 546 g/mol. The number of anilines is 1. The van der Waals surface area contributed by atoms with Crippen LogP contribution in [0, 0.1) is 12.8 Å². The SMILES string of the molecule is Cc1ccccc1C1c2[nH]c3ccccc3c2CC2C(=O)N(c3ccc(C(=O)NC4CCC(C)CC4)cc3)C(=O)N21. The highest BCUT2D eigenvalue weighted by atomic mass is 16.2. The van der Waals surface area contributed by atoms with Crippen molar-refractivity contribution >= 4 is 34.4 Å². The lowest BCUT2D eigenvalue weighted by molar-refractivity contribution is -0.120. The van der Waals surface area contributed by atoms with E-state index in [0.29, 0.717) is 23.6 Å². The Labute approximate surface area is 239 Å². The third kappa shape index (κ3) is 4.22. The Hall–Kier alpha value is -4.39. The Morgan fingerprint density at radius 3 is 2.37 bits per heavy atom. The molecule has 1 aromatic heterocycles. The molecule has 2 fully saturated rings. The molecule has 2 unspecified atom stereocenters. The number of H-pyrrole nitrogens is 1. The smallest absolute Gasteiger partial charge is 0.332 e. The molecule has 3 aliphatic rings. The van der Waals surface area contributed by atoms with Crippen LogP contribution in [-0.4, -0.2) is 39.8 Å². The molecule has 0 bridgehead atoms. The van der Waals surface area contributed by atoms with Gasteiger partial charge in [-0.15, -0.1) is 0 Å². The molecule has 1 aliphatic carbocycles. The van der Waals surface area contributed by atoms with Gasteiger partial charge in [-0.1, -0.05) is 49.4 Å². The van der Waals surface area contributed by atoms with Crippen LogP contribution in [0.3, 0.4) is 0 Å². The molecule has 7 nitrogen and oxygen atoms in total. The topological polar surface area (TPSA) is 85.5 Å². The summed E-state index contributed by atoms with van der Waals surface area (Å²) in [5, 5.41) is 4.24. The zero-order valence-electron chi connectivity index (χ0n) is 23.4. The predicted octanol–water partition coefficient (Wildman–Crippen LogP) is 6.27. The van der Waals surface area contributed by atoms with E-state index in [1.165, 1.54) is 4.90 Å². The summed E-state index contributed by atoms with van der Waals surface area (Å²) in [6, 6.07) is 21.8. The van der Waals surface area contributed by atoms with Gasteiger partial charge in [-0.25, -0.2) is 9.69 Å². The number of carbonyl (C=O) groups is 3. The molecule has 3 heterocycles. The summed E-state index contributed by atoms with van der Waals surface area (Å²) >= 11 is 0. The Bertz CT molecular complexity index is 1670. The summed E-state index contributed by atoms with van der Waals surface area (Å²) in [5.74, 6) is 0.361. The standard InChI is InChI=1S/C34H34N4O3/c1-20-11-15-23(16-12-20)35-32(39)22-13-17-24(18-14-22)37-33(40)29-19-27-26-9-5-6-10-28(26)36-30(27)31(38(29)34(37)41)25-8-4-3-7-21(25)2/h3-10,13-14,17-18,20,23,29,31,36H,11-12,15-16,19H2,1-2H3,(H,35,39). The summed E-state index contributed by atoms with van der Waals surface area (Å²) in [6.45, 7) is 4.30. The second kappa shape index (κ2) is 9.91. The van der Waals surface area contributed by atoms with Crippen molar-refractivity contribution in [2.45, 2.75) is 64.1 Å². The minimum absolute atomic E-state index is 0.113. The van der Waals surface area contributed by atoms with E-state index in [2.05, 4.69) is 23.3 Å². The maximum Gasteiger partial charge on any atom is 0.332 e. The van der Waals surface area contributed by atoms with Crippen LogP contribution in [0.1, 0.15) is 71.4 Å². The number of para-hydroxylation sites is 1. The van der Waals surface area contributed by atoms with E-state index >= 15 is 0 Å². The van der Waals surface area contributed by atoms with Gasteiger partial charge in [0.05, 0.1) is 5.69 Å². The molecule has 7 heteroatoms. The molecule has 2 N–H and O–H groups in total. The molecule has 0 spiro atoms. The Morgan fingerprint density at radius 1 is 0.902 bits per heavy atom. The van der Waals surface area contributed by atoms with E-state index in [0.717, 1.165) is 59.0 Å². The molecule has 4 aromatic rings. The normalized spacial score (nSPS) is 24.0. The first kappa shape index (κ1) is 25.6. The van der Waals surface area contributed by atoms with Crippen molar-refractivity contribution in [2.75, 3.05) is 4.90 Å². The lowest BCUT2D eigenvalue weighted by Gasteiger charge is -2.36. The number of carbonyl (C=O) groups excluding carboxylic acids is 3. The first-order chi connectivity index (χ1) is 19.9. The highest BCUT2D eigenvalue weighted by Gasteiger charge is 2.53. The number of benzene rings is 3. The summed E-state index contributed by atoms with van der Waals surface area (Å²) in [4.78, 5) is 47.6. The second-order valence-corrected chi connectivity index (χ2v) is 11.9. The van der Waals surface area contributed by atoms with Gasteiger partial charge in [-0.2, -0.15) is 0 Å². The largest absolute Gasteiger partial charge is 0.356 e. The number of hydrogen-bond acceptors (Lipinski definition) is 3. The lowest BCUT2D eigenvalue weighted by Crippen LogP contribution is -2.44. The number of nitrogens with one attached hydrogen (secondary N) is 2. The van der Waals surface area contributed by atoms with Crippen LogP contribution in [0.25, 0.3) is 10.9 Å². The number of aromatic nitrogens is 1. The number of fused-ring (bicyclic) bond motifs is 4. The maximum atomic E-state index is 14.1.